The molecule has 0 radical (unpaired) electrons. The van der Waals surface area contributed by atoms with Crippen molar-refractivity contribution in [2.45, 2.75) is 65.6 Å². The van der Waals surface area contributed by atoms with Crippen molar-refractivity contribution in [1.82, 2.24) is 4.98 Å². The van der Waals surface area contributed by atoms with E-state index in [1.807, 2.05) is 32.0 Å². The van der Waals surface area contributed by atoms with E-state index in [1.54, 1.807) is 0 Å². The molecule has 0 saturated carbocycles. The molecule has 4 aromatic rings. The van der Waals surface area contributed by atoms with Gasteiger partial charge in [-0.25, -0.2) is 14.6 Å². The average Bonchev–Trinajstić information content (AvgIpc) is 3.75. The Morgan fingerprint density at radius 2 is 1.29 bits per heavy atom. The minimum Gasteiger partial charge on any atom is -0.462 e. The number of carbonyl (C=O) groups is 6. The monoisotopic (exact) mass is 735 g/mol. The molecule has 274 valence electrons. The van der Waals surface area contributed by atoms with Gasteiger partial charge in [0.15, 0.2) is 22.3 Å². The third-order valence-corrected chi connectivity index (χ3v) is 8.19. The number of thiazole rings is 1. The van der Waals surface area contributed by atoms with Gasteiger partial charge in [-0.2, -0.15) is 0 Å². The molecule has 0 saturated heterocycles. The van der Waals surface area contributed by atoms with Gasteiger partial charge in [0.2, 0.25) is 0 Å². The summed E-state index contributed by atoms with van der Waals surface area (Å²) in [7, 11) is 0. The fraction of sp³-hybridized carbons (Fsp3) is 0.324. The van der Waals surface area contributed by atoms with Crippen LogP contribution < -0.4 is 9.47 Å². The molecule has 0 spiro atoms. The number of aryl methyl sites for hydroxylation is 2. The molecule has 2 unspecified atom stereocenters. The van der Waals surface area contributed by atoms with Crippen molar-refractivity contribution in [1.29, 1.82) is 0 Å². The highest BCUT2D eigenvalue weighted by Crippen LogP contribution is 2.42. The third-order valence-electron chi connectivity index (χ3n) is 7.11. The number of aromatic nitrogens is 1. The topological polar surface area (TPSA) is 184 Å². The lowest BCUT2D eigenvalue weighted by atomic mass is 10.1. The quantitative estimate of drug-likeness (QED) is 0.0531. The van der Waals surface area contributed by atoms with E-state index in [1.165, 1.54) is 26.0 Å². The van der Waals surface area contributed by atoms with Crippen molar-refractivity contribution < 1.29 is 61.6 Å². The predicted octanol–water partition coefficient (Wildman–Crippen LogP) is 6.02. The van der Waals surface area contributed by atoms with Crippen LogP contribution in [0.4, 0.5) is 0 Å². The molecule has 0 aliphatic heterocycles. The number of esters is 6. The van der Waals surface area contributed by atoms with Crippen molar-refractivity contribution in [3.8, 4) is 22.3 Å². The summed E-state index contributed by atoms with van der Waals surface area (Å²) >= 11 is 1.13. The normalized spacial score (nSPS) is 12.0. The maximum atomic E-state index is 12.8. The zero-order valence-electron chi connectivity index (χ0n) is 29.0. The summed E-state index contributed by atoms with van der Waals surface area (Å²) in [6, 6.07) is 8.59. The van der Waals surface area contributed by atoms with Gasteiger partial charge in [0.05, 0.1) is 25.7 Å². The molecule has 14 nitrogen and oxygen atoms in total. The molecule has 0 N–H and O–H groups in total. The molecule has 2 heterocycles. The Kier molecular flexibility index (Phi) is 13.4. The van der Waals surface area contributed by atoms with Crippen LogP contribution in [0.1, 0.15) is 50.7 Å². The van der Waals surface area contributed by atoms with Crippen LogP contribution in [-0.4, -0.2) is 66.2 Å². The van der Waals surface area contributed by atoms with E-state index in [9.17, 15) is 28.8 Å². The summed E-state index contributed by atoms with van der Waals surface area (Å²) in [5.74, 6) is -3.65. The molecule has 15 heteroatoms. The summed E-state index contributed by atoms with van der Waals surface area (Å²) in [4.78, 5) is 77.3. The van der Waals surface area contributed by atoms with Crippen LogP contribution in [0.5, 0.6) is 11.5 Å². The molecule has 0 fully saturated rings. The fourth-order valence-corrected chi connectivity index (χ4v) is 5.69. The largest absolute Gasteiger partial charge is 0.462 e. The second-order valence-electron chi connectivity index (χ2n) is 11.6. The van der Waals surface area contributed by atoms with Gasteiger partial charge >= 0.3 is 35.8 Å². The SMILES string of the molecule is C=CC(=O)OC(C)COC(=O)CCC(=O)Oc1ccc(OC(=O)CCC(=O)OCC(C)OC(=O)C=C)c2sc(-c3cc4c(C)cc(C)cc4o3)nc12. The van der Waals surface area contributed by atoms with Crippen molar-refractivity contribution in [3.05, 3.63) is 66.8 Å². The first-order valence-corrected chi connectivity index (χ1v) is 16.9. The highest BCUT2D eigenvalue weighted by atomic mass is 32.1. The number of carbonyl (C=O) groups excluding carboxylic acids is 6. The van der Waals surface area contributed by atoms with Gasteiger partial charge in [0.25, 0.3) is 0 Å². The number of rotatable bonds is 17. The molecule has 0 amide bonds. The van der Waals surface area contributed by atoms with E-state index in [2.05, 4.69) is 18.1 Å². The smallest absolute Gasteiger partial charge is 0.330 e. The maximum absolute atomic E-state index is 12.8. The fourth-order valence-electron chi connectivity index (χ4n) is 4.70. The van der Waals surface area contributed by atoms with Crippen LogP contribution in [0.3, 0.4) is 0 Å². The summed E-state index contributed by atoms with van der Waals surface area (Å²) < 4.78 is 37.7. The Labute approximate surface area is 302 Å². The van der Waals surface area contributed by atoms with Crippen LogP contribution in [0.15, 0.2) is 60.1 Å². The standard InChI is InChI=1S/C37H37NO13S/c1-7-29(39)47-22(5)18-45-31(41)11-13-33(43)50-25-9-10-26(51-34(44)14-12-32(42)46-19-23(6)48-30(40)8-2)36-35(25)38-37(52-36)28-17-24-21(4)15-20(3)16-27(24)49-28/h7-10,15-17,22-23H,1-2,11-14,18-19H2,3-6H3. The van der Waals surface area contributed by atoms with Crippen LogP contribution >= 0.6 is 11.3 Å². The second-order valence-corrected chi connectivity index (χ2v) is 12.6. The van der Waals surface area contributed by atoms with E-state index in [0.717, 1.165) is 40.0 Å². The zero-order chi connectivity index (χ0) is 37.9. The summed E-state index contributed by atoms with van der Waals surface area (Å²) in [6.45, 7) is 13.2. The van der Waals surface area contributed by atoms with Crippen LogP contribution in [0, 0.1) is 13.8 Å². The van der Waals surface area contributed by atoms with Gasteiger partial charge < -0.3 is 32.8 Å². The van der Waals surface area contributed by atoms with Crippen LogP contribution in [0.25, 0.3) is 32.0 Å². The summed E-state index contributed by atoms with van der Waals surface area (Å²) in [6.07, 6.45) is -0.696. The second kappa shape index (κ2) is 17.9. The third kappa shape index (κ3) is 10.8. The number of fused-ring (bicyclic) bond motifs is 2. The number of benzene rings is 2. The summed E-state index contributed by atoms with van der Waals surface area (Å²) in [5.41, 5.74) is 2.87. The first kappa shape index (κ1) is 39.0. The Balaban J connectivity index is 1.48. The molecule has 2 atom stereocenters. The number of hydrogen-bond acceptors (Lipinski definition) is 15. The first-order chi connectivity index (χ1) is 24.8. The molecular formula is C37H37NO13S. The molecule has 2 aromatic carbocycles. The van der Waals surface area contributed by atoms with Crippen molar-refractivity contribution in [3.63, 3.8) is 0 Å². The molecule has 52 heavy (non-hydrogen) atoms. The number of furan rings is 1. The molecule has 4 rings (SSSR count). The van der Waals surface area contributed by atoms with Gasteiger partial charge in [0, 0.05) is 17.5 Å². The first-order valence-electron chi connectivity index (χ1n) is 16.1. The Bertz CT molecular complexity index is 1930. The minimum atomic E-state index is -0.759. The van der Waals surface area contributed by atoms with Gasteiger partial charge in [-0.15, -0.1) is 11.3 Å². The van der Waals surface area contributed by atoms with E-state index in [0.29, 0.717) is 21.1 Å². The zero-order valence-corrected chi connectivity index (χ0v) is 29.8. The lowest BCUT2D eigenvalue weighted by molar-refractivity contribution is -0.155. The maximum Gasteiger partial charge on any atom is 0.330 e. The van der Waals surface area contributed by atoms with E-state index in [-0.39, 0.29) is 55.9 Å². The van der Waals surface area contributed by atoms with Gasteiger partial charge in [-0.3, -0.25) is 19.2 Å². The Hall–Kier alpha value is -5.83. The molecule has 0 aliphatic carbocycles. The Morgan fingerprint density at radius 1 is 0.769 bits per heavy atom. The highest BCUT2D eigenvalue weighted by molar-refractivity contribution is 7.22. The van der Waals surface area contributed by atoms with Gasteiger partial charge in [0.1, 0.15) is 41.2 Å². The van der Waals surface area contributed by atoms with Gasteiger partial charge in [-0.1, -0.05) is 19.2 Å². The van der Waals surface area contributed by atoms with Gasteiger partial charge in [-0.05, 0) is 63.1 Å². The lowest BCUT2D eigenvalue weighted by Crippen LogP contribution is -2.22. The molecule has 2 aromatic heterocycles. The minimum absolute atomic E-state index is 0.0404. The molecular weight excluding hydrogens is 698 g/mol. The van der Waals surface area contributed by atoms with Crippen molar-refractivity contribution in [2.24, 2.45) is 0 Å². The average molecular weight is 736 g/mol. The van der Waals surface area contributed by atoms with Crippen LogP contribution in [-0.2, 0) is 47.7 Å². The van der Waals surface area contributed by atoms with Crippen molar-refractivity contribution >= 4 is 68.3 Å². The number of nitrogens with zero attached hydrogens (tertiary/aromatic N) is 1. The van der Waals surface area contributed by atoms with E-state index >= 15 is 0 Å². The lowest BCUT2D eigenvalue weighted by Gasteiger charge is -2.12. The number of ether oxygens (including phenoxy) is 6. The Morgan fingerprint density at radius 3 is 1.85 bits per heavy atom. The molecule has 0 aliphatic rings. The number of hydrogen-bond donors (Lipinski definition) is 0. The predicted molar refractivity (Wildman–Crippen MR) is 187 cm³/mol. The summed E-state index contributed by atoms with van der Waals surface area (Å²) in [5, 5.41) is 1.30. The highest BCUT2D eigenvalue weighted by Gasteiger charge is 2.22. The van der Waals surface area contributed by atoms with Crippen LogP contribution in [0.2, 0.25) is 0 Å². The van der Waals surface area contributed by atoms with Crippen molar-refractivity contribution in [2.75, 3.05) is 13.2 Å². The van der Waals surface area contributed by atoms with E-state index in [4.69, 9.17) is 32.8 Å². The van der Waals surface area contributed by atoms with E-state index < -0.39 is 48.0 Å². The molecule has 0 bridgehead atoms.